The Kier molecular flexibility index (Phi) is 3.42. The van der Waals surface area contributed by atoms with Crippen molar-refractivity contribution in [3.8, 4) is 0 Å². The highest BCUT2D eigenvalue weighted by Gasteiger charge is 2.22. The molecule has 0 radical (unpaired) electrons. The summed E-state index contributed by atoms with van der Waals surface area (Å²) in [5.74, 6) is 1.09. The fourth-order valence-corrected chi connectivity index (χ4v) is 3.13. The largest absolute Gasteiger partial charge is 0.374 e. The zero-order valence-electron chi connectivity index (χ0n) is 8.10. The Hall–Kier alpha value is -0.820. The van der Waals surface area contributed by atoms with E-state index >= 15 is 0 Å². The van der Waals surface area contributed by atoms with Gasteiger partial charge in [-0.05, 0) is 18.6 Å². The Bertz CT molecular complexity index is 348. The second kappa shape index (κ2) is 4.80. The molecule has 0 aliphatic carbocycles. The maximum Gasteiger partial charge on any atom is 0.239 e. The minimum absolute atomic E-state index is 0.0239. The van der Waals surface area contributed by atoms with Crippen LogP contribution < -0.4 is 11.1 Å². The second-order valence-corrected chi connectivity index (χ2v) is 5.61. The third-order valence-electron chi connectivity index (χ3n) is 2.14. The van der Waals surface area contributed by atoms with Crippen molar-refractivity contribution in [3.63, 3.8) is 0 Å². The van der Waals surface area contributed by atoms with Gasteiger partial charge in [-0.3, -0.25) is 10.1 Å². The number of thioether (sulfide) groups is 1. The SMILES string of the molecule is Nc1nnc(NC(=O)C2CCCCS2)s1. The molecule has 1 aromatic rings. The van der Waals surface area contributed by atoms with Gasteiger partial charge in [0.25, 0.3) is 0 Å². The van der Waals surface area contributed by atoms with Crippen molar-refractivity contribution < 1.29 is 4.79 Å². The molecule has 1 aliphatic rings. The van der Waals surface area contributed by atoms with Crippen LogP contribution in [-0.4, -0.2) is 27.1 Å². The molecule has 1 aliphatic heterocycles. The number of aromatic nitrogens is 2. The lowest BCUT2D eigenvalue weighted by Gasteiger charge is -2.19. The molecule has 5 nitrogen and oxygen atoms in total. The van der Waals surface area contributed by atoms with Crippen LogP contribution >= 0.6 is 23.1 Å². The van der Waals surface area contributed by atoms with Gasteiger partial charge < -0.3 is 5.73 Å². The molecule has 2 heterocycles. The highest BCUT2D eigenvalue weighted by atomic mass is 32.2. The van der Waals surface area contributed by atoms with Crippen LogP contribution in [0.15, 0.2) is 0 Å². The highest BCUT2D eigenvalue weighted by molar-refractivity contribution is 8.00. The van der Waals surface area contributed by atoms with Gasteiger partial charge in [-0.25, -0.2) is 0 Å². The van der Waals surface area contributed by atoms with Crippen LogP contribution in [-0.2, 0) is 4.79 Å². The number of carbonyl (C=O) groups is 1. The average Bonchev–Trinajstić information content (AvgIpc) is 2.65. The molecule has 1 unspecified atom stereocenters. The number of hydrogen-bond acceptors (Lipinski definition) is 6. The smallest absolute Gasteiger partial charge is 0.239 e. The number of amides is 1. The number of carbonyl (C=O) groups excluding carboxylic acids is 1. The van der Waals surface area contributed by atoms with E-state index in [1.54, 1.807) is 11.8 Å². The predicted molar refractivity (Wildman–Crippen MR) is 63.0 cm³/mol. The van der Waals surface area contributed by atoms with Crippen molar-refractivity contribution in [1.82, 2.24) is 10.2 Å². The molecule has 1 aromatic heterocycles. The van der Waals surface area contributed by atoms with Gasteiger partial charge in [0.15, 0.2) is 0 Å². The number of hydrogen-bond donors (Lipinski definition) is 2. The van der Waals surface area contributed by atoms with Gasteiger partial charge in [-0.15, -0.1) is 22.0 Å². The summed E-state index contributed by atoms with van der Waals surface area (Å²) in [5.41, 5.74) is 5.42. The second-order valence-electron chi connectivity index (χ2n) is 3.29. The maximum atomic E-state index is 11.7. The molecule has 1 atom stereocenters. The minimum atomic E-state index is 0.0239. The van der Waals surface area contributed by atoms with Gasteiger partial charge in [0.1, 0.15) is 0 Å². The monoisotopic (exact) mass is 244 g/mol. The van der Waals surface area contributed by atoms with E-state index < -0.39 is 0 Å². The molecule has 2 rings (SSSR count). The van der Waals surface area contributed by atoms with Gasteiger partial charge in [0, 0.05) is 0 Å². The van der Waals surface area contributed by atoms with Crippen molar-refractivity contribution in [2.45, 2.75) is 24.5 Å². The molecule has 3 N–H and O–H groups in total. The molecule has 15 heavy (non-hydrogen) atoms. The van der Waals surface area contributed by atoms with Crippen molar-refractivity contribution in [3.05, 3.63) is 0 Å². The Labute approximate surface area is 95.8 Å². The zero-order chi connectivity index (χ0) is 10.7. The molecule has 0 spiro atoms. The molecule has 0 bridgehead atoms. The summed E-state index contributed by atoms with van der Waals surface area (Å²) in [6, 6.07) is 0. The van der Waals surface area contributed by atoms with Crippen LogP contribution in [0.1, 0.15) is 19.3 Å². The number of nitrogens with zero attached hydrogens (tertiary/aromatic N) is 2. The average molecular weight is 244 g/mol. The van der Waals surface area contributed by atoms with Crippen LogP contribution in [0.25, 0.3) is 0 Å². The quantitative estimate of drug-likeness (QED) is 0.820. The summed E-state index contributed by atoms with van der Waals surface area (Å²) >= 11 is 2.90. The number of rotatable bonds is 2. The summed E-state index contributed by atoms with van der Waals surface area (Å²) in [7, 11) is 0. The third-order valence-corrected chi connectivity index (χ3v) is 4.19. The van der Waals surface area contributed by atoms with Crippen molar-refractivity contribution >= 4 is 39.3 Å². The van der Waals surface area contributed by atoms with Crippen molar-refractivity contribution in [1.29, 1.82) is 0 Å². The summed E-state index contributed by atoms with van der Waals surface area (Å²) in [5, 5.41) is 11.1. The van der Waals surface area contributed by atoms with E-state index in [0.717, 1.165) is 18.6 Å². The minimum Gasteiger partial charge on any atom is -0.374 e. The molecule has 0 aromatic carbocycles. The molecule has 0 saturated carbocycles. The summed E-state index contributed by atoms with van der Waals surface area (Å²) in [6.45, 7) is 0. The van der Waals surface area contributed by atoms with E-state index in [1.165, 1.54) is 17.8 Å². The number of anilines is 2. The Morgan fingerprint density at radius 2 is 2.33 bits per heavy atom. The van der Waals surface area contributed by atoms with E-state index in [4.69, 9.17) is 5.73 Å². The fraction of sp³-hybridized carbons (Fsp3) is 0.625. The third kappa shape index (κ3) is 2.82. The lowest BCUT2D eigenvalue weighted by Crippen LogP contribution is -2.27. The first-order valence-electron chi connectivity index (χ1n) is 4.77. The molecule has 1 fully saturated rings. The van der Waals surface area contributed by atoms with Gasteiger partial charge in [0.2, 0.25) is 16.2 Å². The Morgan fingerprint density at radius 1 is 1.47 bits per heavy atom. The van der Waals surface area contributed by atoms with E-state index in [-0.39, 0.29) is 11.2 Å². The van der Waals surface area contributed by atoms with Crippen LogP contribution in [0, 0.1) is 0 Å². The predicted octanol–water partition coefficient (Wildman–Crippen LogP) is 1.34. The van der Waals surface area contributed by atoms with Gasteiger partial charge in [-0.1, -0.05) is 17.8 Å². The number of nitrogen functional groups attached to an aromatic ring is 1. The topological polar surface area (TPSA) is 80.9 Å². The Balaban J connectivity index is 1.91. The van der Waals surface area contributed by atoms with Crippen LogP contribution in [0.2, 0.25) is 0 Å². The van der Waals surface area contributed by atoms with E-state index in [9.17, 15) is 4.79 Å². The first kappa shape index (κ1) is 10.7. The van der Waals surface area contributed by atoms with E-state index in [2.05, 4.69) is 15.5 Å². The molecule has 1 amide bonds. The summed E-state index contributed by atoms with van der Waals surface area (Å²) in [4.78, 5) is 11.7. The summed E-state index contributed by atoms with van der Waals surface area (Å²) in [6.07, 6.45) is 3.29. The first-order chi connectivity index (χ1) is 7.25. The lowest BCUT2D eigenvalue weighted by atomic mass is 10.2. The molecule has 7 heteroatoms. The van der Waals surface area contributed by atoms with Crippen molar-refractivity contribution in [2.75, 3.05) is 16.8 Å². The highest BCUT2D eigenvalue weighted by Crippen LogP contribution is 2.26. The van der Waals surface area contributed by atoms with Gasteiger partial charge in [0.05, 0.1) is 5.25 Å². The first-order valence-corrected chi connectivity index (χ1v) is 6.63. The van der Waals surface area contributed by atoms with Crippen LogP contribution in [0.3, 0.4) is 0 Å². The maximum absolute atomic E-state index is 11.7. The fourth-order valence-electron chi connectivity index (χ4n) is 1.42. The van der Waals surface area contributed by atoms with Crippen LogP contribution in [0.5, 0.6) is 0 Å². The van der Waals surface area contributed by atoms with Gasteiger partial charge in [-0.2, -0.15) is 0 Å². The lowest BCUT2D eigenvalue weighted by molar-refractivity contribution is -0.115. The molecular formula is C8H12N4OS2. The van der Waals surface area contributed by atoms with E-state index in [0.29, 0.717) is 10.3 Å². The van der Waals surface area contributed by atoms with E-state index in [1.807, 2.05) is 0 Å². The zero-order valence-corrected chi connectivity index (χ0v) is 9.74. The molecular weight excluding hydrogens is 232 g/mol. The molecule has 1 saturated heterocycles. The van der Waals surface area contributed by atoms with Crippen molar-refractivity contribution in [2.24, 2.45) is 0 Å². The molecule has 82 valence electrons. The van der Waals surface area contributed by atoms with Gasteiger partial charge >= 0.3 is 0 Å². The summed E-state index contributed by atoms with van der Waals surface area (Å²) < 4.78 is 0. The van der Waals surface area contributed by atoms with Crippen LogP contribution in [0.4, 0.5) is 10.3 Å². The Morgan fingerprint density at radius 3 is 2.93 bits per heavy atom. The normalized spacial score (nSPS) is 21.2. The number of nitrogens with two attached hydrogens (primary N) is 1. The standard InChI is InChI=1S/C8H12N4OS2/c9-7-11-12-8(15-7)10-6(13)5-3-1-2-4-14-5/h5H,1-4H2,(H2,9,11)(H,10,12,13). The number of nitrogens with one attached hydrogen (secondary N) is 1.